The largest absolute Gasteiger partial charge is 0.469 e. The van der Waals surface area contributed by atoms with Gasteiger partial charge >= 0.3 is 12.1 Å². The van der Waals surface area contributed by atoms with Gasteiger partial charge in [0.15, 0.2) is 0 Å². The third kappa shape index (κ3) is 4.11. The summed E-state index contributed by atoms with van der Waals surface area (Å²) in [4.78, 5) is 34.8. The van der Waals surface area contributed by atoms with Crippen LogP contribution in [0.4, 0.5) is 4.79 Å². The van der Waals surface area contributed by atoms with Crippen LogP contribution in [0.2, 0.25) is 0 Å². The highest BCUT2D eigenvalue weighted by Gasteiger charge is 2.30. The Kier molecular flexibility index (Phi) is 5.76. The first kappa shape index (κ1) is 18.9. The molecule has 0 aromatic heterocycles. The van der Waals surface area contributed by atoms with Crippen LogP contribution in [-0.4, -0.2) is 37.1 Å². The van der Waals surface area contributed by atoms with Crippen molar-refractivity contribution in [3.05, 3.63) is 59.7 Å². The highest BCUT2D eigenvalue weighted by Crippen LogP contribution is 2.44. The summed E-state index contributed by atoms with van der Waals surface area (Å²) in [5, 5.41) is 1.44. The predicted molar refractivity (Wildman–Crippen MR) is 99.5 cm³/mol. The first-order valence-corrected chi connectivity index (χ1v) is 8.76. The molecule has 1 aliphatic rings. The normalized spacial score (nSPS) is 13.3. The van der Waals surface area contributed by atoms with E-state index in [4.69, 9.17) is 16.3 Å². The van der Waals surface area contributed by atoms with Crippen molar-refractivity contribution < 1.29 is 23.9 Å². The Morgan fingerprint density at radius 1 is 1.04 bits per heavy atom. The molecular formula is C20H18ClNO5. The maximum absolute atomic E-state index is 12.1. The zero-order valence-corrected chi connectivity index (χ0v) is 15.4. The molecule has 1 aliphatic carbocycles. The van der Waals surface area contributed by atoms with Crippen LogP contribution in [0.25, 0.3) is 11.1 Å². The average molecular weight is 388 g/mol. The van der Waals surface area contributed by atoms with E-state index in [0.29, 0.717) is 0 Å². The molecule has 7 heteroatoms. The Bertz CT molecular complexity index is 837. The average Bonchev–Trinajstić information content (AvgIpc) is 2.99. The standard InChI is InChI=1S/C20H18ClNO5/c1-26-18(23)10-17(19(21)24)22-20(25)27-11-16-14-8-4-2-6-12(14)13-7-3-5-9-15(13)16/h2-9,16-17H,10-11H2,1H3,(H,22,25). The number of alkyl carbamates (subject to hydrolysis) is 1. The second-order valence-corrected chi connectivity index (χ2v) is 6.48. The van der Waals surface area contributed by atoms with Gasteiger partial charge < -0.3 is 14.8 Å². The molecule has 0 heterocycles. The van der Waals surface area contributed by atoms with E-state index in [1.54, 1.807) is 0 Å². The van der Waals surface area contributed by atoms with Crippen molar-refractivity contribution in [2.75, 3.05) is 13.7 Å². The maximum Gasteiger partial charge on any atom is 0.407 e. The van der Waals surface area contributed by atoms with Gasteiger partial charge in [-0.05, 0) is 33.9 Å². The summed E-state index contributed by atoms with van der Waals surface area (Å²) in [7, 11) is 1.19. The molecule has 2 aromatic carbocycles. The minimum atomic E-state index is -1.20. The van der Waals surface area contributed by atoms with Gasteiger partial charge in [0, 0.05) is 5.92 Å². The number of esters is 1. The molecule has 140 valence electrons. The Balaban J connectivity index is 1.68. The molecule has 0 aliphatic heterocycles. The number of ether oxygens (including phenoxy) is 2. The molecule has 1 unspecified atom stereocenters. The van der Waals surface area contributed by atoms with E-state index in [-0.39, 0.29) is 18.9 Å². The molecule has 1 N–H and O–H groups in total. The van der Waals surface area contributed by atoms with E-state index in [0.717, 1.165) is 22.3 Å². The molecule has 2 aromatic rings. The molecule has 0 saturated carbocycles. The van der Waals surface area contributed by atoms with Crippen molar-refractivity contribution in [2.45, 2.75) is 18.4 Å². The summed E-state index contributed by atoms with van der Waals surface area (Å²) in [5.74, 6) is -0.762. The number of carbonyl (C=O) groups excluding carboxylic acids is 3. The first-order valence-electron chi connectivity index (χ1n) is 8.39. The zero-order valence-electron chi connectivity index (χ0n) is 14.6. The Hall–Kier alpha value is -2.86. The fourth-order valence-corrected chi connectivity index (χ4v) is 3.35. The van der Waals surface area contributed by atoms with Crippen molar-refractivity contribution in [3.8, 4) is 11.1 Å². The molecule has 0 spiro atoms. The molecule has 0 radical (unpaired) electrons. The third-order valence-electron chi connectivity index (χ3n) is 4.51. The van der Waals surface area contributed by atoms with E-state index in [1.807, 2.05) is 48.5 Å². The van der Waals surface area contributed by atoms with E-state index in [2.05, 4.69) is 10.1 Å². The number of rotatable bonds is 6. The quantitative estimate of drug-likeness (QED) is 0.608. The monoisotopic (exact) mass is 387 g/mol. The van der Waals surface area contributed by atoms with Gasteiger partial charge in [-0.3, -0.25) is 9.59 Å². The Morgan fingerprint density at radius 2 is 1.59 bits per heavy atom. The van der Waals surface area contributed by atoms with Gasteiger partial charge in [-0.2, -0.15) is 0 Å². The highest BCUT2D eigenvalue weighted by atomic mass is 35.5. The molecule has 1 amide bonds. The molecular weight excluding hydrogens is 370 g/mol. The fraction of sp³-hybridized carbons (Fsp3) is 0.250. The lowest BCUT2D eigenvalue weighted by Crippen LogP contribution is -2.41. The van der Waals surface area contributed by atoms with Crippen LogP contribution < -0.4 is 5.32 Å². The Morgan fingerprint density at radius 3 is 2.11 bits per heavy atom. The van der Waals surface area contributed by atoms with Crippen LogP contribution in [0.15, 0.2) is 48.5 Å². The number of hydrogen-bond acceptors (Lipinski definition) is 5. The van der Waals surface area contributed by atoms with Gasteiger partial charge in [0.25, 0.3) is 0 Å². The lowest BCUT2D eigenvalue weighted by molar-refractivity contribution is -0.142. The van der Waals surface area contributed by atoms with Gasteiger partial charge in [0.05, 0.1) is 13.5 Å². The molecule has 27 heavy (non-hydrogen) atoms. The van der Waals surface area contributed by atoms with Crippen LogP contribution in [0, 0.1) is 0 Å². The van der Waals surface area contributed by atoms with Gasteiger partial charge in [-0.25, -0.2) is 4.79 Å². The molecule has 3 rings (SSSR count). The van der Waals surface area contributed by atoms with Gasteiger partial charge in [-0.1, -0.05) is 48.5 Å². The van der Waals surface area contributed by atoms with Gasteiger partial charge in [0.2, 0.25) is 5.24 Å². The lowest BCUT2D eigenvalue weighted by atomic mass is 9.98. The summed E-state index contributed by atoms with van der Waals surface area (Å²) >= 11 is 5.43. The Labute approximate surface area is 161 Å². The first-order chi connectivity index (χ1) is 13.0. The number of halogens is 1. The van der Waals surface area contributed by atoms with E-state index < -0.39 is 23.3 Å². The fourth-order valence-electron chi connectivity index (χ4n) is 3.22. The lowest BCUT2D eigenvalue weighted by Gasteiger charge is -2.17. The number of carbonyl (C=O) groups is 3. The summed E-state index contributed by atoms with van der Waals surface area (Å²) in [6, 6.07) is 14.7. The number of fused-ring (bicyclic) bond motifs is 3. The maximum atomic E-state index is 12.1. The third-order valence-corrected chi connectivity index (χ3v) is 4.77. The molecule has 1 atom stereocenters. The summed E-state index contributed by atoms with van der Waals surface area (Å²) in [6.45, 7) is 0.0985. The minimum absolute atomic E-state index is 0.0985. The van der Waals surface area contributed by atoms with E-state index >= 15 is 0 Å². The van der Waals surface area contributed by atoms with Crippen molar-refractivity contribution >= 4 is 28.9 Å². The molecule has 0 bridgehead atoms. The van der Waals surface area contributed by atoms with E-state index in [9.17, 15) is 14.4 Å². The highest BCUT2D eigenvalue weighted by molar-refractivity contribution is 6.65. The SMILES string of the molecule is COC(=O)CC(NC(=O)OCC1c2ccccc2-c2ccccc21)C(=O)Cl. The number of hydrogen-bond donors (Lipinski definition) is 1. The second-order valence-electron chi connectivity index (χ2n) is 6.11. The topological polar surface area (TPSA) is 81.7 Å². The van der Waals surface area contributed by atoms with Crippen LogP contribution >= 0.6 is 11.6 Å². The molecule has 0 fully saturated rings. The number of amides is 1. The van der Waals surface area contributed by atoms with Crippen LogP contribution in [0.5, 0.6) is 0 Å². The minimum Gasteiger partial charge on any atom is -0.469 e. The summed E-state index contributed by atoms with van der Waals surface area (Å²) < 4.78 is 9.81. The van der Waals surface area contributed by atoms with Crippen molar-refractivity contribution in [2.24, 2.45) is 0 Å². The van der Waals surface area contributed by atoms with Crippen LogP contribution in [0.3, 0.4) is 0 Å². The van der Waals surface area contributed by atoms with Gasteiger partial charge in [0.1, 0.15) is 12.6 Å². The van der Waals surface area contributed by atoms with Crippen LogP contribution in [-0.2, 0) is 19.1 Å². The molecule has 6 nitrogen and oxygen atoms in total. The number of benzene rings is 2. The summed E-state index contributed by atoms with van der Waals surface area (Å²) in [5.41, 5.74) is 4.38. The van der Waals surface area contributed by atoms with Crippen molar-refractivity contribution in [3.63, 3.8) is 0 Å². The zero-order chi connectivity index (χ0) is 19.4. The van der Waals surface area contributed by atoms with Crippen molar-refractivity contribution in [1.82, 2.24) is 5.32 Å². The second kappa shape index (κ2) is 8.22. The predicted octanol–water partition coefficient (Wildman–Crippen LogP) is 3.22. The molecule has 0 saturated heterocycles. The van der Waals surface area contributed by atoms with E-state index in [1.165, 1.54) is 7.11 Å². The number of nitrogens with one attached hydrogen (secondary N) is 1. The van der Waals surface area contributed by atoms with Crippen molar-refractivity contribution in [1.29, 1.82) is 0 Å². The summed E-state index contributed by atoms with van der Waals surface area (Å²) in [6.07, 6.45) is -1.18. The number of methoxy groups -OCH3 is 1. The van der Waals surface area contributed by atoms with Gasteiger partial charge in [-0.15, -0.1) is 0 Å². The smallest absolute Gasteiger partial charge is 0.407 e. The van der Waals surface area contributed by atoms with Crippen LogP contribution in [0.1, 0.15) is 23.5 Å².